The molecular weight excluding hydrogens is 1240 g/mol. The van der Waals surface area contributed by atoms with Crippen molar-refractivity contribution in [2.45, 2.75) is 344 Å². The number of unbranched alkanes of at least 4 members (excludes halogenated alkanes) is 20. The number of phosphoric ester groups is 2. The first kappa shape index (κ1) is 93.1. The number of halogens is 3. The fourth-order valence-corrected chi connectivity index (χ4v) is 15.7. The van der Waals surface area contributed by atoms with Crippen LogP contribution in [0.4, 0.5) is 13.2 Å². The van der Waals surface area contributed by atoms with Gasteiger partial charge in [-0.3, -0.25) is 27.1 Å². The molecule has 0 aromatic heterocycles. The second-order valence-electron chi connectivity index (χ2n) is 28.5. The minimum Gasteiger partial charge on any atom is -0.409 e. The van der Waals surface area contributed by atoms with Crippen LogP contribution >= 0.6 is 39.2 Å². The van der Waals surface area contributed by atoms with E-state index in [4.69, 9.17) is 40.9 Å². The number of ether oxygens (including phenoxy) is 2. The first-order valence-corrected chi connectivity index (χ1v) is 45.5. The van der Waals surface area contributed by atoms with Crippen LogP contribution in [0.25, 0.3) is 0 Å². The van der Waals surface area contributed by atoms with Gasteiger partial charge in [0.25, 0.3) is 0 Å². The Labute approximate surface area is 551 Å². The van der Waals surface area contributed by atoms with E-state index >= 15 is 0 Å². The van der Waals surface area contributed by atoms with Crippen LogP contribution in [0, 0.1) is 0 Å². The number of hydrogen-bond acceptors (Lipinski definition) is 15. The molecule has 22 heteroatoms. The lowest BCUT2D eigenvalue weighted by atomic mass is 10.1. The molecule has 0 aliphatic rings. The molecule has 0 aliphatic heterocycles. The summed E-state index contributed by atoms with van der Waals surface area (Å²) in [5, 5.41) is 9.81. The van der Waals surface area contributed by atoms with Gasteiger partial charge in [0, 0.05) is 13.2 Å². The highest BCUT2D eigenvalue weighted by molar-refractivity contribution is 7.99. The highest BCUT2D eigenvalue weighted by atomic mass is 32.2. The van der Waals surface area contributed by atoms with Crippen LogP contribution in [0.5, 0.6) is 0 Å². The van der Waals surface area contributed by atoms with E-state index in [-0.39, 0.29) is 42.1 Å². The number of aliphatic hydroxyl groups is 1. The molecule has 0 spiro atoms. The standard InChI is InChI=1S/C32H69O6PSSi.C25H54O3SSi.C9H18F3O4P/c1-11-13-14-15-19-22-26-40-27-23-20-17-16-18-21-25-34-28-30(37-41(9,10)32(6,7)8)29-36-39(33,35-24-12-2)38-31(3,4)5;1-7-8-9-10-14-17-20-29-21-18-15-12-11-13-16-19-27-23-24(22-26)28-30(5,6)25(2,3)4;1-5-6-14-17(13,16-8(2,3)4)15-7-9(10,11)12/h30H,11-29H2,1-10H3;24,26H,7-23H2,1-6H3;5-7H2,1-4H3/t30-,39?;24-;/m01./s1. The van der Waals surface area contributed by atoms with Crippen LogP contribution in [0.1, 0.15) is 278 Å². The lowest BCUT2D eigenvalue weighted by Gasteiger charge is -2.39. The van der Waals surface area contributed by atoms with Crippen LogP contribution in [0.15, 0.2) is 0 Å². The van der Waals surface area contributed by atoms with Crippen molar-refractivity contribution in [3.63, 3.8) is 0 Å². The summed E-state index contributed by atoms with van der Waals surface area (Å²) in [6.07, 6.45) is 28.2. The summed E-state index contributed by atoms with van der Waals surface area (Å²) in [7, 11) is -11.8. The van der Waals surface area contributed by atoms with Crippen LogP contribution in [0.3, 0.4) is 0 Å². The van der Waals surface area contributed by atoms with Gasteiger partial charge in [0.15, 0.2) is 23.2 Å². The van der Waals surface area contributed by atoms with Gasteiger partial charge >= 0.3 is 21.8 Å². The lowest BCUT2D eigenvalue weighted by molar-refractivity contribution is -0.159. The van der Waals surface area contributed by atoms with Gasteiger partial charge in [-0.15, -0.1) is 0 Å². The highest BCUT2D eigenvalue weighted by Crippen LogP contribution is 2.54. The highest BCUT2D eigenvalue weighted by Gasteiger charge is 2.42. The smallest absolute Gasteiger partial charge is 0.409 e. The average molecular weight is 1380 g/mol. The van der Waals surface area contributed by atoms with Crippen molar-refractivity contribution in [2.75, 3.05) is 82.5 Å². The summed E-state index contributed by atoms with van der Waals surface area (Å²) in [6.45, 7) is 41.9. The van der Waals surface area contributed by atoms with Gasteiger partial charge < -0.3 is 23.4 Å². The molecule has 0 aromatic carbocycles. The maximum absolute atomic E-state index is 13.3. The molecule has 0 fully saturated rings. The van der Waals surface area contributed by atoms with Gasteiger partial charge in [-0.2, -0.15) is 36.7 Å². The minimum atomic E-state index is -4.58. The Bertz CT molecular complexity index is 1680. The second kappa shape index (κ2) is 53.0. The van der Waals surface area contributed by atoms with Crippen molar-refractivity contribution in [3.05, 3.63) is 0 Å². The number of phosphoric acid groups is 2. The minimum absolute atomic E-state index is 0.00517. The number of alkyl halides is 3. The molecule has 0 saturated carbocycles. The van der Waals surface area contributed by atoms with Crippen molar-refractivity contribution in [1.82, 2.24) is 0 Å². The number of rotatable bonds is 54. The van der Waals surface area contributed by atoms with E-state index in [1.54, 1.807) is 27.7 Å². The zero-order valence-corrected chi connectivity index (χ0v) is 65.8. The van der Waals surface area contributed by atoms with E-state index in [0.717, 1.165) is 25.9 Å². The quantitative estimate of drug-likeness (QED) is 0.0350. The normalized spacial score (nSPS) is 15.0. The Balaban J connectivity index is -0.00000134. The number of hydrogen-bond donors (Lipinski definition) is 1. The first-order chi connectivity index (χ1) is 40.9. The molecule has 0 aromatic rings. The number of aliphatic hydroxyl groups excluding tert-OH is 1. The van der Waals surface area contributed by atoms with E-state index < -0.39 is 56.3 Å². The summed E-state index contributed by atoms with van der Waals surface area (Å²) in [4.78, 5) is 0. The van der Waals surface area contributed by atoms with Crippen molar-refractivity contribution in [3.8, 4) is 0 Å². The molecule has 0 heterocycles. The molecule has 0 aliphatic carbocycles. The second-order valence-corrected chi connectivity index (χ2v) is 43.6. The fraction of sp³-hybridized carbons (Fsp3) is 1.00. The average Bonchev–Trinajstić information content (AvgIpc) is 3.59. The summed E-state index contributed by atoms with van der Waals surface area (Å²) < 4.78 is 117. The molecule has 2 unspecified atom stereocenters. The molecule has 88 heavy (non-hydrogen) atoms. The molecule has 0 bridgehead atoms. The van der Waals surface area contributed by atoms with E-state index in [0.29, 0.717) is 32.8 Å². The Morgan fingerprint density at radius 3 is 1.01 bits per heavy atom. The fourth-order valence-electron chi connectivity index (χ4n) is 7.84. The van der Waals surface area contributed by atoms with Crippen molar-refractivity contribution >= 4 is 55.8 Å². The number of thioether (sulfide) groups is 2. The van der Waals surface area contributed by atoms with Crippen molar-refractivity contribution in [1.29, 1.82) is 0 Å². The Kier molecular flexibility index (Phi) is 56.1. The molecule has 534 valence electrons. The van der Waals surface area contributed by atoms with E-state index in [9.17, 15) is 27.4 Å². The molecule has 13 nitrogen and oxygen atoms in total. The lowest BCUT2D eigenvalue weighted by Crippen LogP contribution is -2.46. The Hall–Kier alpha value is 0.944. The SMILES string of the molecule is CCCCCCCCSCCCCCCCCOC[C@@H](CO)O[Si](C)(C)C(C)(C)C.CCCCCCCCSCCCCCCCCOC[C@@H](COP(=O)(OCCC)OC(C)(C)C)O[Si](C)(C)C(C)(C)C.CCCOP(=O)(OCC(F)(F)F)OC(C)(C)C. The largest absolute Gasteiger partial charge is 0.475 e. The Morgan fingerprint density at radius 2 is 0.705 bits per heavy atom. The van der Waals surface area contributed by atoms with Gasteiger partial charge in [0.1, 0.15) is 0 Å². The predicted molar refractivity (Wildman–Crippen MR) is 377 cm³/mol. The van der Waals surface area contributed by atoms with E-state index in [1.165, 1.54) is 164 Å². The third-order valence-electron chi connectivity index (χ3n) is 14.8. The molecule has 0 saturated heterocycles. The van der Waals surface area contributed by atoms with Gasteiger partial charge in [0.2, 0.25) is 0 Å². The third-order valence-corrected chi connectivity index (χ3v) is 29.6. The van der Waals surface area contributed by atoms with Gasteiger partial charge in [-0.1, -0.05) is 185 Å². The Morgan fingerprint density at radius 1 is 0.398 bits per heavy atom. The first-order valence-electron chi connectivity index (χ1n) is 34.4. The predicted octanol–water partition coefficient (Wildman–Crippen LogP) is 22.9. The summed E-state index contributed by atoms with van der Waals surface area (Å²) in [5.41, 5.74) is -1.57. The molecular formula is C66H141F3O13P2S2Si2. The van der Waals surface area contributed by atoms with E-state index in [1.807, 2.05) is 27.7 Å². The van der Waals surface area contributed by atoms with Crippen molar-refractivity contribution < 1.29 is 72.9 Å². The van der Waals surface area contributed by atoms with Gasteiger partial charge in [0.05, 0.1) is 63.1 Å². The van der Waals surface area contributed by atoms with Gasteiger partial charge in [-0.05, 0) is 152 Å². The van der Waals surface area contributed by atoms with Crippen molar-refractivity contribution in [2.24, 2.45) is 0 Å². The monoisotopic (exact) mass is 1380 g/mol. The molecule has 1 N–H and O–H groups in total. The molecule has 4 atom stereocenters. The van der Waals surface area contributed by atoms with Crippen LogP contribution in [-0.2, 0) is 54.6 Å². The molecule has 0 rings (SSSR count). The summed E-state index contributed by atoms with van der Waals surface area (Å²) >= 11 is 4.29. The third kappa shape index (κ3) is 59.4. The van der Waals surface area contributed by atoms with Crippen LogP contribution < -0.4 is 0 Å². The van der Waals surface area contributed by atoms with Crippen LogP contribution in [-0.4, -0.2) is 134 Å². The maximum Gasteiger partial charge on any atom is 0.475 e. The molecule has 0 radical (unpaired) electrons. The summed E-state index contributed by atoms with van der Waals surface area (Å²) in [6, 6.07) is 0. The zero-order chi connectivity index (χ0) is 67.7. The summed E-state index contributed by atoms with van der Waals surface area (Å²) in [5.74, 6) is 5.35. The zero-order valence-electron chi connectivity index (χ0n) is 60.4. The molecule has 0 amide bonds. The van der Waals surface area contributed by atoms with E-state index in [2.05, 4.69) is 110 Å². The maximum atomic E-state index is 13.3. The van der Waals surface area contributed by atoms with Gasteiger partial charge in [-0.25, -0.2) is 9.13 Å². The van der Waals surface area contributed by atoms with Crippen LogP contribution in [0.2, 0.25) is 36.3 Å². The topological polar surface area (TPSA) is 147 Å².